The molecule has 90 valence electrons. The predicted octanol–water partition coefficient (Wildman–Crippen LogP) is 5.31. The lowest BCUT2D eigenvalue weighted by Crippen LogP contribution is -1.80. The zero-order valence-corrected chi connectivity index (χ0v) is 11.3. The third-order valence-electron chi connectivity index (χ3n) is 4.34. The molecule has 1 aliphatic rings. The lowest BCUT2D eigenvalue weighted by molar-refractivity contribution is 1.03. The van der Waals surface area contributed by atoms with Crippen molar-refractivity contribution in [1.29, 1.82) is 0 Å². The van der Waals surface area contributed by atoms with Crippen LogP contribution in [0, 0.1) is 0 Å². The lowest BCUT2D eigenvalue weighted by Gasteiger charge is -2.04. The Morgan fingerprint density at radius 3 is 2.74 bits per heavy atom. The first-order valence-electron chi connectivity index (χ1n) is 6.76. The first-order valence-corrected chi connectivity index (χ1v) is 7.58. The standard InChI is InChI=1S/C18H12S/c1-2-7-15-13(6-1)18-14-9-8-11-4-3-5-12(17(11)14)10-16(18)19-15/h1-7,10H,8-9H2. The van der Waals surface area contributed by atoms with Gasteiger partial charge in [-0.1, -0.05) is 36.4 Å². The highest BCUT2D eigenvalue weighted by molar-refractivity contribution is 7.25. The number of benzene rings is 3. The van der Waals surface area contributed by atoms with Crippen molar-refractivity contribution in [2.45, 2.75) is 12.8 Å². The van der Waals surface area contributed by atoms with Crippen molar-refractivity contribution >= 4 is 42.3 Å². The fourth-order valence-electron chi connectivity index (χ4n) is 3.57. The number of rotatable bonds is 0. The van der Waals surface area contributed by atoms with Crippen LogP contribution in [0.2, 0.25) is 0 Å². The Morgan fingerprint density at radius 2 is 1.74 bits per heavy atom. The zero-order valence-electron chi connectivity index (χ0n) is 10.4. The van der Waals surface area contributed by atoms with E-state index in [2.05, 4.69) is 48.5 Å². The Balaban J connectivity index is 2.14. The van der Waals surface area contributed by atoms with Crippen LogP contribution in [0.15, 0.2) is 48.5 Å². The Morgan fingerprint density at radius 1 is 0.789 bits per heavy atom. The summed E-state index contributed by atoms with van der Waals surface area (Å²) in [6.45, 7) is 0. The van der Waals surface area contributed by atoms with Crippen molar-refractivity contribution in [2.24, 2.45) is 0 Å². The van der Waals surface area contributed by atoms with Crippen molar-refractivity contribution in [2.75, 3.05) is 0 Å². The fourth-order valence-corrected chi connectivity index (χ4v) is 4.75. The molecule has 1 heterocycles. The molecule has 1 heteroatoms. The predicted molar refractivity (Wildman–Crippen MR) is 84.2 cm³/mol. The van der Waals surface area contributed by atoms with E-state index in [-0.39, 0.29) is 0 Å². The summed E-state index contributed by atoms with van der Waals surface area (Å²) >= 11 is 1.93. The summed E-state index contributed by atoms with van der Waals surface area (Å²) in [4.78, 5) is 0. The van der Waals surface area contributed by atoms with Crippen LogP contribution in [0.3, 0.4) is 0 Å². The summed E-state index contributed by atoms with van der Waals surface area (Å²) in [6.07, 6.45) is 2.41. The number of aryl methyl sites for hydroxylation is 2. The lowest BCUT2D eigenvalue weighted by atomic mass is 10.00. The molecule has 0 unspecified atom stereocenters. The maximum absolute atomic E-state index is 2.38. The molecule has 0 N–H and O–H groups in total. The SMILES string of the molecule is c1cc2c3c(c4c(cc3c1)sc1ccccc14)CC2. The average Bonchev–Trinajstić information content (AvgIpc) is 3.01. The van der Waals surface area contributed by atoms with Gasteiger partial charge in [-0.25, -0.2) is 0 Å². The highest BCUT2D eigenvalue weighted by atomic mass is 32.1. The highest BCUT2D eigenvalue weighted by Crippen LogP contribution is 2.43. The third-order valence-corrected chi connectivity index (χ3v) is 5.46. The molecule has 0 atom stereocenters. The zero-order chi connectivity index (χ0) is 12.4. The van der Waals surface area contributed by atoms with Crippen LogP contribution < -0.4 is 0 Å². The van der Waals surface area contributed by atoms with Gasteiger partial charge in [0, 0.05) is 20.2 Å². The summed E-state index contributed by atoms with van der Waals surface area (Å²) in [5, 5.41) is 5.90. The van der Waals surface area contributed by atoms with E-state index in [1.54, 1.807) is 5.56 Å². The summed E-state index contributed by atoms with van der Waals surface area (Å²) in [7, 11) is 0. The van der Waals surface area contributed by atoms with E-state index < -0.39 is 0 Å². The van der Waals surface area contributed by atoms with Crippen LogP contribution in [-0.4, -0.2) is 0 Å². The first kappa shape index (κ1) is 9.99. The Kier molecular flexibility index (Phi) is 1.77. The van der Waals surface area contributed by atoms with Crippen molar-refractivity contribution in [3.8, 4) is 0 Å². The van der Waals surface area contributed by atoms with Gasteiger partial charge in [0.05, 0.1) is 0 Å². The number of hydrogen-bond donors (Lipinski definition) is 0. The first-order chi connectivity index (χ1) is 9.42. The Bertz CT molecular complexity index is 960. The van der Waals surface area contributed by atoms with Crippen molar-refractivity contribution < 1.29 is 0 Å². The van der Waals surface area contributed by atoms with Crippen molar-refractivity contribution in [1.82, 2.24) is 0 Å². The monoisotopic (exact) mass is 260 g/mol. The molecule has 0 radical (unpaired) electrons. The van der Waals surface area contributed by atoms with Gasteiger partial charge in [0.25, 0.3) is 0 Å². The van der Waals surface area contributed by atoms with E-state index in [1.807, 2.05) is 11.3 Å². The minimum absolute atomic E-state index is 1.20. The molecule has 0 aliphatic heterocycles. The van der Waals surface area contributed by atoms with Crippen LogP contribution in [-0.2, 0) is 12.8 Å². The summed E-state index contributed by atoms with van der Waals surface area (Å²) in [5.41, 5.74) is 3.12. The molecular formula is C18H12S. The molecule has 3 aromatic carbocycles. The highest BCUT2D eigenvalue weighted by Gasteiger charge is 2.19. The van der Waals surface area contributed by atoms with E-state index in [9.17, 15) is 0 Å². The van der Waals surface area contributed by atoms with E-state index >= 15 is 0 Å². The quantitative estimate of drug-likeness (QED) is 0.402. The number of fused-ring (bicyclic) bond motifs is 4. The van der Waals surface area contributed by atoms with Crippen LogP contribution in [0.4, 0.5) is 0 Å². The molecule has 5 rings (SSSR count). The number of thiophene rings is 1. The molecule has 0 nitrogen and oxygen atoms in total. The molecule has 0 amide bonds. The normalized spacial score (nSPS) is 13.9. The van der Waals surface area contributed by atoms with Crippen LogP contribution >= 0.6 is 11.3 Å². The fraction of sp³-hybridized carbons (Fsp3) is 0.111. The topological polar surface area (TPSA) is 0 Å². The van der Waals surface area contributed by atoms with E-state index in [0.717, 1.165) is 0 Å². The molecule has 0 saturated heterocycles. The third kappa shape index (κ3) is 1.19. The van der Waals surface area contributed by atoms with Gasteiger partial charge in [0.1, 0.15) is 0 Å². The van der Waals surface area contributed by atoms with Crippen LogP contribution in [0.25, 0.3) is 30.9 Å². The number of hydrogen-bond acceptors (Lipinski definition) is 1. The van der Waals surface area contributed by atoms with Gasteiger partial charge < -0.3 is 0 Å². The van der Waals surface area contributed by atoms with E-state index in [4.69, 9.17) is 0 Å². The van der Waals surface area contributed by atoms with Crippen LogP contribution in [0.1, 0.15) is 11.1 Å². The average molecular weight is 260 g/mol. The molecule has 1 aromatic heterocycles. The molecular weight excluding hydrogens is 248 g/mol. The van der Waals surface area contributed by atoms with Gasteiger partial charge in [-0.2, -0.15) is 0 Å². The second kappa shape index (κ2) is 3.37. The van der Waals surface area contributed by atoms with Gasteiger partial charge >= 0.3 is 0 Å². The van der Waals surface area contributed by atoms with Gasteiger partial charge in [0.15, 0.2) is 0 Å². The maximum Gasteiger partial charge on any atom is 0.0364 e. The minimum Gasteiger partial charge on any atom is -0.135 e. The van der Waals surface area contributed by atoms with Crippen LogP contribution in [0.5, 0.6) is 0 Å². The summed E-state index contributed by atoms with van der Waals surface area (Å²) < 4.78 is 2.86. The molecule has 0 fully saturated rings. The van der Waals surface area contributed by atoms with E-state index in [0.29, 0.717) is 0 Å². The Hall–Kier alpha value is -1.86. The molecule has 4 aromatic rings. The largest absolute Gasteiger partial charge is 0.135 e. The van der Waals surface area contributed by atoms with Gasteiger partial charge in [-0.05, 0) is 46.9 Å². The van der Waals surface area contributed by atoms with Crippen molar-refractivity contribution in [3.63, 3.8) is 0 Å². The van der Waals surface area contributed by atoms with Crippen molar-refractivity contribution in [3.05, 3.63) is 59.7 Å². The smallest absolute Gasteiger partial charge is 0.0364 e. The molecule has 0 saturated carbocycles. The molecule has 0 bridgehead atoms. The minimum atomic E-state index is 1.20. The van der Waals surface area contributed by atoms with Gasteiger partial charge in [-0.3, -0.25) is 0 Å². The summed E-state index contributed by atoms with van der Waals surface area (Å²) in [5.74, 6) is 0. The summed E-state index contributed by atoms with van der Waals surface area (Å²) in [6, 6.07) is 18.0. The second-order valence-electron chi connectivity index (χ2n) is 5.34. The molecule has 1 aliphatic carbocycles. The second-order valence-corrected chi connectivity index (χ2v) is 6.43. The van der Waals surface area contributed by atoms with E-state index in [1.165, 1.54) is 49.3 Å². The molecule has 0 spiro atoms. The van der Waals surface area contributed by atoms with Gasteiger partial charge in [0.2, 0.25) is 0 Å². The maximum atomic E-state index is 2.38. The van der Waals surface area contributed by atoms with Gasteiger partial charge in [-0.15, -0.1) is 11.3 Å². The Labute approximate surface area is 115 Å². The molecule has 19 heavy (non-hydrogen) atoms.